The van der Waals surface area contributed by atoms with Crippen molar-refractivity contribution in [3.8, 4) is 5.75 Å². The molecule has 72 valence electrons. The van der Waals surface area contributed by atoms with Crippen molar-refractivity contribution in [2.45, 2.75) is 0 Å². The molecule has 13 heavy (non-hydrogen) atoms. The average molecular weight is 267 g/mol. The van der Waals surface area contributed by atoms with Crippen LogP contribution in [0, 0.1) is 0 Å². The summed E-state index contributed by atoms with van der Waals surface area (Å²) in [5, 5.41) is 9.06. The Morgan fingerprint density at radius 1 is 1.54 bits per heavy atom. The highest BCUT2D eigenvalue weighted by atomic mass is 79.9. The van der Waals surface area contributed by atoms with Gasteiger partial charge in [0.15, 0.2) is 0 Å². The fourth-order valence-corrected chi connectivity index (χ4v) is 1.49. The molecule has 0 aliphatic rings. The molecule has 0 aromatic carbocycles. The summed E-state index contributed by atoms with van der Waals surface area (Å²) in [6.45, 7) is 0. The van der Waals surface area contributed by atoms with Crippen LogP contribution in [0.4, 0.5) is 5.82 Å². The highest BCUT2D eigenvalue weighted by Gasteiger charge is 2.05. The summed E-state index contributed by atoms with van der Waals surface area (Å²) >= 11 is 2.96. The predicted molar refractivity (Wildman–Crippen MR) is 52.1 cm³/mol. The average Bonchev–Trinajstić information content (AvgIpc) is 1.94. The number of aromatic hydroxyl groups is 1. The van der Waals surface area contributed by atoms with E-state index in [1.54, 1.807) is 0 Å². The van der Waals surface area contributed by atoms with Crippen molar-refractivity contribution in [3.63, 3.8) is 0 Å². The fourth-order valence-electron chi connectivity index (χ4n) is 0.674. The van der Waals surface area contributed by atoms with E-state index in [9.17, 15) is 8.42 Å². The number of hydrogen-bond acceptors (Lipinski definition) is 4. The summed E-state index contributed by atoms with van der Waals surface area (Å²) in [6.07, 6.45) is 1.02. The number of nitrogens with zero attached hydrogens (tertiary/aromatic N) is 1. The van der Waals surface area contributed by atoms with E-state index in [1.807, 2.05) is 0 Å². The highest BCUT2D eigenvalue weighted by Crippen LogP contribution is 2.22. The van der Waals surface area contributed by atoms with Gasteiger partial charge in [0.1, 0.15) is 16.2 Å². The maximum absolute atomic E-state index is 10.8. The van der Waals surface area contributed by atoms with Gasteiger partial charge in [-0.3, -0.25) is 4.72 Å². The summed E-state index contributed by atoms with van der Waals surface area (Å²) < 4.78 is 23.9. The molecule has 0 aliphatic carbocycles. The molecule has 1 aromatic rings. The van der Waals surface area contributed by atoms with Gasteiger partial charge in [0.25, 0.3) is 0 Å². The van der Waals surface area contributed by atoms with Crippen molar-refractivity contribution in [1.29, 1.82) is 0 Å². The van der Waals surface area contributed by atoms with Crippen molar-refractivity contribution in [3.05, 3.63) is 16.7 Å². The van der Waals surface area contributed by atoms with Gasteiger partial charge in [-0.05, 0) is 28.1 Å². The van der Waals surface area contributed by atoms with E-state index in [-0.39, 0.29) is 16.2 Å². The van der Waals surface area contributed by atoms with E-state index in [1.165, 1.54) is 12.1 Å². The third-order valence-electron chi connectivity index (χ3n) is 1.12. The van der Waals surface area contributed by atoms with Crippen LogP contribution >= 0.6 is 15.9 Å². The molecule has 0 saturated heterocycles. The minimum absolute atomic E-state index is 0.0425. The molecule has 0 amide bonds. The van der Waals surface area contributed by atoms with Gasteiger partial charge in [-0.25, -0.2) is 13.4 Å². The number of anilines is 1. The second-order valence-electron chi connectivity index (χ2n) is 2.38. The molecular weight excluding hydrogens is 260 g/mol. The standard InChI is InChI=1S/C6H7BrN2O3S/c1-13(11,12)9-5-3-2-4(10)6(7)8-5/h2-3,10H,1H3,(H,8,9). The Morgan fingerprint density at radius 3 is 2.62 bits per heavy atom. The van der Waals surface area contributed by atoms with Gasteiger partial charge in [0.05, 0.1) is 6.26 Å². The number of halogens is 1. The van der Waals surface area contributed by atoms with Crippen LogP contribution in [0.5, 0.6) is 5.75 Å². The van der Waals surface area contributed by atoms with E-state index in [0.29, 0.717) is 0 Å². The van der Waals surface area contributed by atoms with E-state index in [4.69, 9.17) is 5.11 Å². The lowest BCUT2D eigenvalue weighted by Crippen LogP contribution is -2.10. The van der Waals surface area contributed by atoms with Gasteiger partial charge >= 0.3 is 0 Å². The molecule has 2 N–H and O–H groups in total. The highest BCUT2D eigenvalue weighted by molar-refractivity contribution is 9.10. The Balaban J connectivity index is 2.99. The normalized spacial score (nSPS) is 11.2. The molecule has 0 radical (unpaired) electrons. The Hall–Kier alpha value is -0.820. The first-order chi connectivity index (χ1) is 5.88. The molecule has 5 nitrogen and oxygen atoms in total. The monoisotopic (exact) mass is 266 g/mol. The number of aromatic nitrogens is 1. The molecule has 1 rings (SSSR count). The summed E-state index contributed by atoms with van der Waals surface area (Å²) in [5.41, 5.74) is 0. The summed E-state index contributed by atoms with van der Waals surface area (Å²) in [5.74, 6) is 0.117. The smallest absolute Gasteiger partial charge is 0.230 e. The molecule has 0 spiro atoms. The van der Waals surface area contributed by atoms with E-state index < -0.39 is 10.0 Å². The number of rotatable bonds is 2. The van der Waals surface area contributed by atoms with E-state index >= 15 is 0 Å². The van der Waals surface area contributed by atoms with E-state index in [2.05, 4.69) is 25.6 Å². The maximum Gasteiger partial charge on any atom is 0.230 e. The molecule has 0 saturated carbocycles. The van der Waals surface area contributed by atoms with Crippen LogP contribution in [0.15, 0.2) is 16.7 Å². The molecule has 0 aliphatic heterocycles. The van der Waals surface area contributed by atoms with Crippen LogP contribution in [0.25, 0.3) is 0 Å². The Morgan fingerprint density at radius 2 is 2.15 bits per heavy atom. The largest absolute Gasteiger partial charge is 0.505 e. The van der Waals surface area contributed by atoms with Crippen LogP contribution in [0.3, 0.4) is 0 Å². The number of nitrogens with one attached hydrogen (secondary N) is 1. The molecule has 0 atom stereocenters. The van der Waals surface area contributed by atoms with Crippen molar-refractivity contribution in [2.75, 3.05) is 11.0 Å². The van der Waals surface area contributed by atoms with Crippen molar-refractivity contribution in [2.24, 2.45) is 0 Å². The maximum atomic E-state index is 10.8. The lowest BCUT2D eigenvalue weighted by atomic mass is 10.4. The minimum Gasteiger partial charge on any atom is -0.505 e. The Kier molecular flexibility index (Phi) is 2.77. The third kappa shape index (κ3) is 3.19. The van der Waals surface area contributed by atoms with Gasteiger partial charge in [-0.2, -0.15) is 0 Å². The molecule has 1 heterocycles. The zero-order chi connectivity index (χ0) is 10.1. The molecule has 0 bridgehead atoms. The third-order valence-corrected chi connectivity index (χ3v) is 2.28. The van der Waals surface area contributed by atoms with Crippen LogP contribution in [-0.4, -0.2) is 24.8 Å². The van der Waals surface area contributed by atoms with Crippen LogP contribution in [0.2, 0.25) is 0 Å². The van der Waals surface area contributed by atoms with Crippen LogP contribution in [0.1, 0.15) is 0 Å². The second kappa shape index (κ2) is 3.51. The lowest BCUT2D eigenvalue weighted by Gasteiger charge is -2.03. The molecule has 1 aromatic heterocycles. The number of sulfonamides is 1. The predicted octanol–water partition coefficient (Wildman–Crippen LogP) is 0.921. The van der Waals surface area contributed by atoms with Gasteiger partial charge in [0.2, 0.25) is 10.0 Å². The van der Waals surface area contributed by atoms with Gasteiger partial charge in [-0.15, -0.1) is 0 Å². The molecule has 7 heteroatoms. The van der Waals surface area contributed by atoms with Gasteiger partial charge in [0, 0.05) is 0 Å². The zero-order valence-electron chi connectivity index (χ0n) is 6.65. The first kappa shape index (κ1) is 10.3. The molecular formula is C6H7BrN2O3S. The fraction of sp³-hybridized carbons (Fsp3) is 0.167. The topological polar surface area (TPSA) is 79.3 Å². The molecule has 0 unspecified atom stereocenters. The Labute approximate surface area is 84.0 Å². The van der Waals surface area contributed by atoms with Gasteiger partial charge in [-0.1, -0.05) is 0 Å². The first-order valence-electron chi connectivity index (χ1n) is 3.22. The Bertz CT molecular complexity index is 418. The van der Waals surface area contributed by atoms with E-state index in [0.717, 1.165) is 6.26 Å². The first-order valence-corrected chi connectivity index (χ1v) is 5.90. The SMILES string of the molecule is CS(=O)(=O)Nc1ccc(O)c(Br)n1. The zero-order valence-corrected chi connectivity index (χ0v) is 9.05. The van der Waals surface area contributed by atoms with Gasteiger partial charge < -0.3 is 5.11 Å². The summed E-state index contributed by atoms with van der Waals surface area (Å²) in [7, 11) is -3.32. The molecule has 0 fully saturated rings. The summed E-state index contributed by atoms with van der Waals surface area (Å²) in [6, 6.07) is 2.70. The van der Waals surface area contributed by atoms with Crippen LogP contribution < -0.4 is 4.72 Å². The second-order valence-corrected chi connectivity index (χ2v) is 4.88. The summed E-state index contributed by atoms with van der Waals surface area (Å²) in [4.78, 5) is 3.73. The quantitative estimate of drug-likeness (QED) is 0.781. The van der Waals surface area contributed by atoms with Crippen molar-refractivity contribution in [1.82, 2.24) is 4.98 Å². The lowest BCUT2D eigenvalue weighted by molar-refractivity contribution is 0.469. The minimum atomic E-state index is -3.32. The van der Waals surface area contributed by atoms with Crippen molar-refractivity contribution >= 4 is 31.8 Å². The van der Waals surface area contributed by atoms with Crippen molar-refractivity contribution < 1.29 is 13.5 Å². The number of pyridine rings is 1. The number of hydrogen-bond donors (Lipinski definition) is 2. The van der Waals surface area contributed by atoms with Crippen LogP contribution in [-0.2, 0) is 10.0 Å².